The van der Waals surface area contributed by atoms with Crippen LogP contribution in [0.15, 0.2) is 0 Å². The quantitative estimate of drug-likeness (QED) is 0.252. The Kier molecular flexibility index (Phi) is 7.59. The summed E-state index contributed by atoms with van der Waals surface area (Å²) in [6.45, 7) is -0.524. The van der Waals surface area contributed by atoms with Crippen molar-refractivity contribution in [2.24, 2.45) is 0 Å². The number of carbonyl (C=O) groups is 3. The number of hydrogen-bond acceptors (Lipinski definition) is 6. The number of rotatable bonds is 10. The minimum absolute atomic E-state index is 0.0429. The van der Waals surface area contributed by atoms with E-state index >= 15 is 0 Å². The van der Waals surface area contributed by atoms with Crippen LogP contribution < -0.4 is 10.6 Å². The van der Waals surface area contributed by atoms with Crippen LogP contribution in [0.5, 0.6) is 0 Å². The summed E-state index contributed by atoms with van der Waals surface area (Å²) >= 11 is 0. The van der Waals surface area contributed by atoms with Crippen molar-refractivity contribution >= 4 is 17.9 Å². The van der Waals surface area contributed by atoms with Gasteiger partial charge < -0.3 is 31.1 Å². The first-order valence-electron chi connectivity index (χ1n) is 5.11. The van der Waals surface area contributed by atoms with Gasteiger partial charge in [-0.25, -0.2) is 0 Å². The molecule has 0 fully saturated rings. The highest BCUT2D eigenvalue weighted by atomic mass is 16.4. The van der Waals surface area contributed by atoms with E-state index in [4.69, 9.17) is 15.3 Å². The van der Waals surface area contributed by atoms with Crippen LogP contribution in [-0.2, 0) is 14.4 Å². The van der Waals surface area contributed by atoms with Crippen LogP contribution in [0.4, 0.5) is 0 Å². The molecule has 9 heteroatoms. The zero-order valence-electron chi connectivity index (χ0n) is 9.50. The normalized spacial score (nSPS) is 13.8. The molecule has 104 valence electrons. The van der Waals surface area contributed by atoms with Crippen LogP contribution in [0.3, 0.4) is 0 Å². The van der Waals surface area contributed by atoms with Gasteiger partial charge in [0.25, 0.3) is 0 Å². The molecule has 0 aromatic rings. The minimum Gasteiger partial charge on any atom is -0.481 e. The number of nitrogens with one attached hydrogen (secondary N) is 2. The second-order valence-corrected chi connectivity index (χ2v) is 3.58. The summed E-state index contributed by atoms with van der Waals surface area (Å²) in [5.74, 6) is -3.68. The van der Waals surface area contributed by atoms with Crippen LogP contribution >= 0.6 is 0 Å². The van der Waals surface area contributed by atoms with Crippen molar-refractivity contribution in [2.75, 3.05) is 19.6 Å². The molecule has 0 aromatic heterocycles. The number of carboxylic acid groups (broad SMARTS) is 3. The smallest absolute Gasteiger partial charge is 0.321 e. The molecule has 9 nitrogen and oxygen atoms in total. The molecule has 6 N–H and O–H groups in total. The molecule has 0 rings (SSSR count). The third-order valence-corrected chi connectivity index (χ3v) is 1.93. The highest BCUT2D eigenvalue weighted by Gasteiger charge is 2.21. The van der Waals surface area contributed by atoms with E-state index in [0.717, 1.165) is 0 Å². The lowest BCUT2D eigenvalue weighted by molar-refractivity contribution is -0.146. The van der Waals surface area contributed by atoms with E-state index in [1.807, 2.05) is 0 Å². The average molecular weight is 264 g/mol. The lowest BCUT2D eigenvalue weighted by Crippen LogP contribution is -2.45. The predicted molar refractivity (Wildman–Crippen MR) is 58.2 cm³/mol. The number of aliphatic hydroxyl groups excluding tert-OH is 1. The van der Waals surface area contributed by atoms with Gasteiger partial charge in [0.2, 0.25) is 0 Å². The summed E-state index contributed by atoms with van der Waals surface area (Å²) < 4.78 is 0. The molecule has 0 saturated heterocycles. The fourth-order valence-electron chi connectivity index (χ4n) is 1.12. The Morgan fingerprint density at radius 1 is 1.00 bits per heavy atom. The zero-order valence-corrected chi connectivity index (χ0v) is 9.50. The molecule has 0 bridgehead atoms. The molecule has 2 unspecified atom stereocenters. The molecular weight excluding hydrogens is 248 g/mol. The van der Waals surface area contributed by atoms with E-state index < -0.39 is 36.5 Å². The fraction of sp³-hybridized carbons (Fsp3) is 0.667. The maximum absolute atomic E-state index is 10.7. The maximum Gasteiger partial charge on any atom is 0.321 e. The molecule has 0 aliphatic heterocycles. The number of carboxylic acids is 3. The Morgan fingerprint density at radius 3 is 2.06 bits per heavy atom. The third-order valence-electron chi connectivity index (χ3n) is 1.93. The Labute approximate surface area is 102 Å². The van der Waals surface area contributed by atoms with E-state index in [0.29, 0.717) is 0 Å². The van der Waals surface area contributed by atoms with E-state index in [1.54, 1.807) is 0 Å². The standard InChI is InChI=1S/C9H16N2O7/c12-5(2-10-4-8(15)16)3-11-6(9(17)18)1-7(13)14/h5-6,10-12H,1-4H2,(H,13,14)(H,15,16)(H,17,18). The van der Waals surface area contributed by atoms with Gasteiger partial charge in [-0.15, -0.1) is 0 Å². The first-order chi connectivity index (χ1) is 8.32. The molecule has 0 aromatic carbocycles. The van der Waals surface area contributed by atoms with Crippen molar-refractivity contribution in [3.8, 4) is 0 Å². The van der Waals surface area contributed by atoms with E-state index in [9.17, 15) is 19.5 Å². The molecule has 0 amide bonds. The Balaban J connectivity index is 3.92. The van der Waals surface area contributed by atoms with Gasteiger partial charge in [-0.05, 0) is 0 Å². The summed E-state index contributed by atoms with van der Waals surface area (Å²) in [5.41, 5.74) is 0. The van der Waals surface area contributed by atoms with E-state index in [2.05, 4.69) is 10.6 Å². The van der Waals surface area contributed by atoms with Crippen LogP contribution in [0, 0.1) is 0 Å². The van der Waals surface area contributed by atoms with Crippen LogP contribution in [-0.4, -0.2) is 70.1 Å². The molecule has 18 heavy (non-hydrogen) atoms. The van der Waals surface area contributed by atoms with Crippen molar-refractivity contribution in [3.63, 3.8) is 0 Å². The molecular formula is C9H16N2O7. The number of aliphatic hydroxyl groups is 1. The summed E-state index contributed by atoms with van der Waals surface area (Å²) in [4.78, 5) is 31.2. The monoisotopic (exact) mass is 264 g/mol. The largest absolute Gasteiger partial charge is 0.481 e. The average Bonchev–Trinajstić information content (AvgIpc) is 2.22. The van der Waals surface area contributed by atoms with Gasteiger partial charge >= 0.3 is 17.9 Å². The van der Waals surface area contributed by atoms with Crippen LogP contribution in [0.1, 0.15) is 6.42 Å². The fourth-order valence-corrected chi connectivity index (χ4v) is 1.12. The lowest BCUT2D eigenvalue weighted by atomic mass is 10.2. The lowest BCUT2D eigenvalue weighted by Gasteiger charge is -2.16. The predicted octanol–water partition coefficient (Wildman–Crippen LogP) is -2.46. The van der Waals surface area contributed by atoms with Crippen LogP contribution in [0.25, 0.3) is 0 Å². The van der Waals surface area contributed by atoms with Gasteiger partial charge in [-0.1, -0.05) is 0 Å². The van der Waals surface area contributed by atoms with Gasteiger partial charge in [0.1, 0.15) is 6.04 Å². The van der Waals surface area contributed by atoms with Gasteiger partial charge in [0, 0.05) is 13.1 Å². The van der Waals surface area contributed by atoms with E-state index in [1.165, 1.54) is 0 Å². The Hall–Kier alpha value is -1.71. The van der Waals surface area contributed by atoms with Crippen molar-refractivity contribution in [3.05, 3.63) is 0 Å². The van der Waals surface area contributed by atoms with Crippen molar-refractivity contribution in [1.29, 1.82) is 0 Å². The van der Waals surface area contributed by atoms with Crippen molar-refractivity contribution in [2.45, 2.75) is 18.6 Å². The first-order valence-corrected chi connectivity index (χ1v) is 5.11. The third kappa shape index (κ3) is 8.44. The maximum atomic E-state index is 10.7. The molecule has 0 spiro atoms. The summed E-state index contributed by atoms with van der Waals surface area (Å²) in [7, 11) is 0. The summed E-state index contributed by atoms with van der Waals surface area (Å²) in [6, 6.07) is -1.29. The van der Waals surface area contributed by atoms with Gasteiger partial charge in [0.15, 0.2) is 0 Å². The molecule has 0 heterocycles. The van der Waals surface area contributed by atoms with E-state index in [-0.39, 0.29) is 19.6 Å². The first kappa shape index (κ1) is 16.3. The molecule has 0 aliphatic carbocycles. The number of hydrogen-bond donors (Lipinski definition) is 6. The van der Waals surface area contributed by atoms with Crippen molar-refractivity contribution in [1.82, 2.24) is 10.6 Å². The molecule has 0 saturated carbocycles. The summed E-state index contributed by atoms with van der Waals surface area (Å²) in [5, 5.41) is 39.6. The van der Waals surface area contributed by atoms with Gasteiger partial charge in [-0.3, -0.25) is 14.4 Å². The Bertz CT molecular complexity index is 307. The second kappa shape index (κ2) is 8.39. The van der Waals surface area contributed by atoms with Gasteiger partial charge in [-0.2, -0.15) is 0 Å². The van der Waals surface area contributed by atoms with Gasteiger partial charge in [0.05, 0.1) is 19.1 Å². The zero-order chi connectivity index (χ0) is 14.1. The highest BCUT2D eigenvalue weighted by Crippen LogP contribution is 1.93. The second-order valence-electron chi connectivity index (χ2n) is 3.58. The van der Waals surface area contributed by atoms with Crippen LogP contribution in [0.2, 0.25) is 0 Å². The Morgan fingerprint density at radius 2 is 1.61 bits per heavy atom. The SMILES string of the molecule is O=C(O)CNCC(O)CNC(CC(=O)O)C(=O)O. The number of aliphatic carboxylic acids is 3. The molecule has 2 atom stereocenters. The molecule has 0 radical (unpaired) electrons. The summed E-state index contributed by atoms with van der Waals surface area (Å²) in [6.07, 6.45) is -1.62. The van der Waals surface area contributed by atoms with Crippen molar-refractivity contribution < 1.29 is 34.8 Å². The topological polar surface area (TPSA) is 156 Å². The molecule has 0 aliphatic rings. The minimum atomic E-state index is -1.33. The highest BCUT2D eigenvalue weighted by molar-refractivity contribution is 5.80.